The predicted molar refractivity (Wildman–Crippen MR) is 89.0 cm³/mol. The molecular formula is C15H20N2O5S. The molecule has 0 heterocycles. The van der Waals surface area contributed by atoms with Crippen molar-refractivity contribution in [3.05, 3.63) is 29.8 Å². The maximum Gasteiger partial charge on any atom is 0.340 e. The second-order valence-electron chi connectivity index (χ2n) is 4.54. The minimum atomic E-state index is -1.10. The summed E-state index contributed by atoms with van der Waals surface area (Å²) in [6, 6.07) is 4.70. The zero-order valence-electron chi connectivity index (χ0n) is 13.0. The van der Waals surface area contributed by atoms with Crippen molar-refractivity contribution in [3.63, 3.8) is 0 Å². The summed E-state index contributed by atoms with van der Waals surface area (Å²) < 4.78 is 4.92. The highest BCUT2D eigenvalue weighted by molar-refractivity contribution is 7.98. The van der Waals surface area contributed by atoms with Crippen LogP contribution < -0.4 is 10.6 Å². The van der Waals surface area contributed by atoms with Gasteiger partial charge in [-0.05, 0) is 37.5 Å². The zero-order valence-corrected chi connectivity index (χ0v) is 13.8. The quantitative estimate of drug-likeness (QED) is 0.627. The van der Waals surface area contributed by atoms with E-state index in [0.29, 0.717) is 12.2 Å². The Labute approximate surface area is 138 Å². The normalized spacial score (nSPS) is 11.4. The number of para-hydroxylation sites is 1. The van der Waals surface area contributed by atoms with Gasteiger partial charge in [-0.3, -0.25) is 0 Å². The Hall–Kier alpha value is -2.22. The number of hydrogen-bond acceptors (Lipinski definition) is 5. The standard InChI is InChI=1S/C15H20N2O5S/c1-3-22-14(20)10-6-4-5-7-11(10)16-15(21)17-12(13(18)19)8-9-23-2/h4-7,12H,3,8-9H2,1-2H3,(H,18,19)(H2,16,17,21). The van der Waals surface area contributed by atoms with Gasteiger partial charge < -0.3 is 20.5 Å². The molecule has 8 heteroatoms. The Bertz CT molecular complexity index is 565. The number of ether oxygens (including phenoxy) is 1. The molecule has 3 N–H and O–H groups in total. The predicted octanol–water partition coefficient (Wildman–Crippen LogP) is 2.19. The first-order valence-electron chi connectivity index (χ1n) is 7.05. The van der Waals surface area contributed by atoms with Crippen LogP contribution in [-0.2, 0) is 9.53 Å². The minimum absolute atomic E-state index is 0.209. The number of carbonyl (C=O) groups excluding carboxylic acids is 2. The van der Waals surface area contributed by atoms with Gasteiger partial charge in [0.05, 0.1) is 17.9 Å². The number of carbonyl (C=O) groups is 3. The molecule has 1 aromatic carbocycles. The third-order valence-electron chi connectivity index (χ3n) is 2.88. The van der Waals surface area contributed by atoms with Crippen LogP contribution in [0.1, 0.15) is 23.7 Å². The van der Waals surface area contributed by atoms with Crippen molar-refractivity contribution >= 4 is 35.4 Å². The van der Waals surface area contributed by atoms with Gasteiger partial charge in [0.25, 0.3) is 0 Å². The molecule has 0 aliphatic rings. The van der Waals surface area contributed by atoms with Crippen LogP contribution in [0.15, 0.2) is 24.3 Å². The lowest BCUT2D eigenvalue weighted by molar-refractivity contribution is -0.139. The number of anilines is 1. The van der Waals surface area contributed by atoms with E-state index in [1.165, 1.54) is 17.8 Å². The molecule has 7 nitrogen and oxygen atoms in total. The van der Waals surface area contributed by atoms with Gasteiger partial charge in [0.1, 0.15) is 6.04 Å². The van der Waals surface area contributed by atoms with Gasteiger partial charge in [-0.15, -0.1) is 0 Å². The van der Waals surface area contributed by atoms with E-state index in [2.05, 4.69) is 10.6 Å². The van der Waals surface area contributed by atoms with Crippen molar-refractivity contribution in [2.24, 2.45) is 0 Å². The van der Waals surface area contributed by atoms with Crippen molar-refractivity contribution in [1.29, 1.82) is 0 Å². The molecule has 2 amide bonds. The number of urea groups is 1. The van der Waals surface area contributed by atoms with Crippen LogP contribution in [-0.4, -0.2) is 47.7 Å². The number of rotatable bonds is 8. The van der Waals surface area contributed by atoms with Crippen molar-refractivity contribution in [1.82, 2.24) is 5.32 Å². The Kier molecular flexibility index (Phi) is 7.96. The molecule has 1 aromatic rings. The third kappa shape index (κ3) is 6.19. The fraction of sp³-hybridized carbons (Fsp3) is 0.400. The Morgan fingerprint density at radius 1 is 1.30 bits per heavy atom. The molecule has 0 bridgehead atoms. The van der Waals surface area contributed by atoms with E-state index in [0.717, 1.165) is 0 Å². The summed E-state index contributed by atoms with van der Waals surface area (Å²) in [7, 11) is 0. The van der Waals surface area contributed by atoms with Crippen LogP contribution in [0.4, 0.5) is 10.5 Å². The molecule has 1 unspecified atom stereocenters. The van der Waals surface area contributed by atoms with E-state index in [4.69, 9.17) is 9.84 Å². The number of hydrogen-bond donors (Lipinski definition) is 3. The molecule has 1 atom stereocenters. The van der Waals surface area contributed by atoms with E-state index < -0.39 is 24.0 Å². The Morgan fingerprint density at radius 3 is 2.61 bits per heavy atom. The lowest BCUT2D eigenvalue weighted by atomic mass is 10.2. The van der Waals surface area contributed by atoms with E-state index in [-0.39, 0.29) is 17.9 Å². The van der Waals surface area contributed by atoms with Gasteiger partial charge in [0.15, 0.2) is 0 Å². The fourth-order valence-electron chi connectivity index (χ4n) is 1.79. The number of benzene rings is 1. The molecule has 0 aliphatic heterocycles. The second kappa shape index (κ2) is 9.73. The third-order valence-corrected chi connectivity index (χ3v) is 3.53. The summed E-state index contributed by atoms with van der Waals surface area (Å²) in [6.45, 7) is 1.90. The number of carboxylic acids is 1. The SMILES string of the molecule is CCOC(=O)c1ccccc1NC(=O)NC(CCSC)C(=O)O. The topological polar surface area (TPSA) is 105 Å². The molecule has 0 saturated carbocycles. The molecule has 126 valence electrons. The maximum absolute atomic E-state index is 12.0. The number of carboxylic acid groups (broad SMARTS) is 1. The maximum atomic E-state index is 12.0. The van der Waals surface area contributed by atoms with Crippen LogP contribution in [0.25, 0.3) is 0 Å². The summed E-state index contributed by atoms with van der Waals surface area (Å²) >= 11 is 1.49. The first-order chi connectivity index (χ1) is 11.0. The Morgan fingerprint density at radius 2 is 2.00 bits per heavy atom. The highest BCUT2D eigenvalue weighted by Crippen LogP contribution is 2.16. The van der Waals surface area contributed by atoms with Crippen LogP contribution in [0.5, 0.6) is 0 Å². The lowest BCUT2D eigenvalue weighted by Crippen LogP contribution is -2.43. The second-order valence-corrected chi connectivity index (χ2v) is 5.52. The molecular weight excluding hydrogens is 320 g/mol. The minimum Gasteiger partial charge on any atom is -0.480 e. The van der Waals surface area contributed by atoms with Gasteiger partial charge in [-0.2, -0.15) is 11.8 Å². The van der Waals surface area contributed by atoms with Crippen molar-refractivity contribution < 1.29 is 24.2 Å². The molecule has 0 fully saturated rings. The molecule has 1 rings (SSSR count). The van der Waals surface area contributed by atoms with E-state index >= 15 is 0 Å². The Balaban J connectivity index is 2.77. The van der Waals surface area contributed by atoms with Crippen molar-refractivity contribution in [3.8, 4) is 0 Å². The van der Waals surface area contributed by atoms with Crippen LogP contribution >= 0.6 is 11.8 Å². The number of thioether (sulfide) groups is 1. The largest absolute Gasteiger partial charge is 0.480 e. The first kappa shape index (κ1) is 18.8. The van der Waals surface area contributed by atoms with Crippen LogP contribution in [0.2, 0.25) is 0 Å². The van der Waals surface area contributed by atoms with E-state index in [1.54, 1.807) is 25.1 Å². The highest BCUT2D eigenvalue weighted by atomic mass is 32.2. The smallest absolute Gasteiger partial charge is 0.340 e. The summed E-state index contributed by atoms with van der Waals surface area (Å²) in [5, 5.41) is 14.0. The fourth-order valence-corrected chi connectivity index (χ4v) is 2.26. The molecule has 0 aromatic heterocycles. The average molecular weight is 340 g/mol. The van der Waals surface area contributed by atoms with Crippen LogP contribution in [0.3, 0.4) is 0 Å². The van der Waals surface area contributed by atoms with Gasteiger partial charge in [-0.1, -0.05) is 12.1 Å². The average Bonchev–Trinajstić information content (AvgIpc) is 2.51. The van der Waals surface area contributed by atoms with Gasteiger partial charge in [0, 0.05) is 0 Å². The zero-order chi connectivity index (χ0) is 17.2. The van der Waals surface area contributed by atoms with Gasteiger partial charge >= 0.3 is 18.0 Å². The number of esters is 1. The number of amides is 2. The summed E-state index contributed by atoms with van der Waals surface area (Å²) in [6.07, 6.45) is 2.16. The van der Waals surface area contributed by atoms with Gasteiger partial charge in [0.2, 0.25) is 0 Å². The monoisotopic (exact) mass is 340 g/mol. The molecule has 0 spiro atoms. The number of nitrogens with one attached hydrogen (secondary N) is 2. The highest BCUT2D eigenvalue weighted by Gasteiger charge is 2.20. The molecule has 23 heavy (non-hydrogen) atoms. The molecule has 0 aliphatic carbocycles. The van der Waals surface area contributed by atoms with E-state index in [9.17, 15) is 14.4 Å². The van der Waals surface area contributed by atoms with Gasteiger partial charge in [-0.25, -0.2) is 14.4 Å². The molecule has 0 saturated heterocycles. The van der Waals surface area contributed by atoms with Crippen molar-refractivity contribution in [2.75, 3.05) is 23.9 Å². The summed E-state index contributed by atoms with van der Waals surface area (Å²) in [5.41, 5.74) is 0.470. The summed E-state index contributed by atoms with van der Waals surface area (Å²) in [5.74, 6) is -1.05. The molecule has 0 radical (unpaired) electrons. The lowest BCUT2D eigenvalue weighted by Gasteiger charge is -2.15. The summed E-state index contributed by atoms with van der Waals surface area (Å²) in [4.78, 5) is 34.9. The van der Waals surface area contributed by atoms with Crippen LogP contribution in [0, 0.1) is 0 Å². The van der Waals surface area contributed by atoms with Crippen molar-refractivity contribution in [2.45, 2.75) is 19.4 Å². The number of aliphatic carboxylic acids is 1. The van der Waals surface area contributed by atoms with E-state index in [1.807, 2.05) is 6.26 Å². The first-order valence-corrected chi connectivity index (χ1v) is 8.44.